The van der Waals surface area contributed by atoms with Crippen LogP contribution >= 0.6 is 39.7 Å². The van der Waals surface area contributed by atoms with Crippen molar-refractivity contribution in [3.8, 4) is 5.69 Å². The van der Waals surface area contributed by atoms with Crippen LogP contribution in [-0.2, 0) is 6.42 Å². The lowest BCUT2D eigenvalue weighted by atomic mass is 10.1. The third-order valence-corrected chi connectivity index (χ3v) is 6.39. The summed E-state index contributed by atoms with van der Waals surface area (Å²) in [5.41, 5.74) is 5.69. The number of nitrogens with one attached hydrogen (secondary N) is 2. The van der Waals surface area contributed by atoms with E-state index in [4.69, 9.17) is 23.8 Å². The molecule has 1 aromatic heterocycles. The summed E-state index contributed by atoms with van der Waals surface area (Å²) < 4.78 is 0.751. The Morgan fingerprint density at radius 2 is 1.79 bits per heavy atom. The minimum absolute atomic E-state index is 0.165. The quantitative estimate of drug-likeness (QED) is 0.261. The van der Waals surface area contributed by atoms with Crippen molar-refractivity contribution in [2.75, 3.05) is 5.32 Å². The van der Waals surface area contributed by atoms with Crippen LogP contribution in [0.25, 0.3) is 16.7 Å². The topological polar surface area (TPSA) is 71.8 Å². The van der Waals surface area contributed by atoms with E-state index in [0.29, 0.717) is 16.1 Å². The molecule has 2 N–H and O–H groups in total. The number of rotatable bonds is 6. The van der Waals surface area contributed by atoms with E-state index in [0.717, 1.165) is 33.3 Å². The van der Waals surface area contributed by atoms with E-state index in [1.54, 1.807) is 23.0 Å². The van der Waals surface area contributed by atoms with Crippen LogP contribution in [0.15, 0.2) is 59.1 Å². The summed E-state index contributed by atoms with van der Waals surface area (Å²) >= 11 is 14.8. The summed E-state index contributed by atoms with van der Waals surface area (Å²) in [6.07, 6.45) is 3.43. The fraction of sp³-hybridized carbons (Fsp3) is 0.200. The second kappa shape index (κ2) is 10.6. The van der Waals surface area contributed by atoms with Crippen LogP contribution in [-0.4, -0.2) is 26.0 Å². The number of halogens is 2. The lowest BCUT2D eigenvalue weighted by Crippen LogP contribution is -2.34. The molecule has 4 aromatic rings. The van der Waals surface area contributed by atoms with E-state index >= 15 is 0 Å². The summed E-state index contributed by atoms with van der Waals surface area (Å²) in [6, 6.07) is 17.2. The van der Waals surface area contributed by atoms with Crippen molar-refractivity contribution in [3.63, 3.8) is 0 Å². The van der Waals surface area contributed by atoms with E-state index in [-0.39, 0.29) is 5.11 Å². The maximum absolute atomic E-state index is 12.6. The first kappa shape index (κ1) is 24.3. The van der Waals surface area contributed by atoms with Crippen LogP contribution < -0.4 is 10.6 Å². The monoisotopic (exact) mass is 555 g/mol. The molecular weight excluding hydrogens is 534 g/mol. The van der Waals surface area contributed by atoms with E-state index < -0.39 is 5.91 Å². The first-order chi connectivity index (χ1) is 16.3. The standard InChI is InChI=1S/C25H23BrClN5OS/c1-3-4-5-16-6-9-18(10-7-16)32-30-22-12-15(2)21(14-23(22)31-32)28-25(34)29-24(33)19-13-17(26)8-11-20(19)27/h6-14H,3-5H2,1-2H3,(H2,28,29,33,34). The average molecular weight is 557 g/mol. The second-order valence-corrected chi connectivity index (χ2v) is 9.68. The number of carbonyl (C=O) groups excluding carboxylic acids is 1. The Balaban J connectivity index is 1.50. The van der Waals surface area contributed by atoms with Gasteiger partial charge in [-0.05, 0) is 85.6 Å². The summed E-state index contributed by atoms with van der Waals surface area (Å²) in [6.45, 7) is 4.14. The minimum Gasteiger partial charge on any atom is -0.332 e. The largest absolute Gasteiger partial charge is 0.332 e. The highest BCUT2D eigenvalue weighted by Crippen LogP contribution is 2.23. The second-order valence-electron chi connectivity index (χ2n) is 7.95. The summed E-state index contributed by atoms with van der Waals surface area (Å²) in [5.74, 6) is -0.393. The normalized spacial score (nSPS) is 10.9. The maximum Gasteiger partial charge on any atom is 0.258 e. The van der Waals surface area contributed by atoms with Crippen molar-refractivity contribution in [2.24, 2.45) is 0 Å². The molecule has 0 atom stereocenters. The molecule has 0 saturated carbocycles. The van der Waals surface area contributed by atoms with Gasteiger partial charge in [-0.15, -0.1) is 10.2 Å². The molecule has 0 bridgehead atoms. The summed E-state index contributed by atoms with van der Waals surface area (Å²) in [5, 5.41) is 15.5. The molecule has 0 unspecified atom stereocenters. The Hall–Kier alpha value is -2.81. The van der Waals surface area contributed by atoms with Gasteiger partial charge in [0, 0.05) is 10.2 Å². The van der Waals surface area contributed by atoms with Gasteiger partial charge in [-0.1, -0.05) is 53.0 Å². The van der Waals surface area contributed by atoms with Crippen LogP contribution in [0.2, 0.25) is 5.02 Å². The third kappa shape index (κ3) is 5.63. The molecule has 0 aliphatic carbocycles. The van der Waals surface area contributed by atoms with Gasteiger partial charge in [0.25, 0.3) is 5.91 Å². The zero-order valence-corrected chi connectivity index (χ0v) is 21.9. The average Bonchev–Trinajstić information content (AvgIpc) is 3.22. The van der Waals surface area contributed by atoms with Crippen LogP contribution in [0.4, 0.5) is 5.69 Å². The van der Waals surface area contributed by atoms with Crippen LogP contribution in [0.3, 0.4) is 0 Å². The highest BCUT2D eigenvalue weighted by molar-refractivity contribution is 9.10. The van der Waals surface area contributed by atoms with Crippen LogP contribution in [0.5, 0.6) is 0 Å². The number of amides is 1. The van der Waals surface area contributed by atoms with E-state index in [1.807, 2.05) is 31.2 Å². The van der Waals surface area contributed by atoms with Crippen LogP contribution in [0, 0.1) is 6.92 Å². The Bertz CT molecular complexity index is 1370. The Kier molecular flexibility index (Phi) is 7.60. The third-order valence-electron chi connectivity index (χ3n) is 5.36. The van der Waals surface area contributed by atoms with Crippen molar-refractivity contribution in [2.45, 2.75) is 33.1 Å². The van der Waals surface area contributed by atoms with Gasteiger partial charge in [0.2, 0.25) is 0 Å². The highest BCUT2D eigenvalue weighted by Gasteiger charge is 2.14. The molecule has 9 heteroatoms. The molecule has 0 aliphatic heterocycles. The van der Waals surface area contributed by atoms with Gasteiger partial charge in [0.1, 0.15) is 11.0 Å². The molecule has 1 amide bonds. The number of fused-ring (bicyclic) bond motifs is 1. The Morgan fingerprint density at radius 3 is 2.50 bits per heavy atom. The van der Waals surface area contributed by atoms with Crippen molar-refractivity contribution in [3.05, 3.63) is 80.8 Å². The number of hydrogen-bond acceptors (Lipinski definition) is 4. The lowest BCUT2D eigenvalue weighted by molar-refractivity contribution is 0.0978. The smallest absolute Gasteiger partial charge is 0.258 e. The minimum atomic E-state index is -0.393. The highest BCUT2D eigenvalue weighted by atomic mass is 79.9. The Labute approximate surface area is 216 Å². The van der Waals surface area contributed by atoms with Crippen molar-refractivity contribution < 1.29 is 4.79 Å². The van der Waals surface area contributed by atoms with E-state index in [1.165, 1.54) is 18.4 Å². The van der Waals surface area contributed by atoms with Crippen molar-refractivity contribution in [1.29, 1.82) is 0 Å². The van der Waals surface area contributed by atoms with Gasteiger partial charge in [0.05, 0.1) is 16.3 Å². The number of unbranched alkanes of at least 4 members (excludes halogenated alkanes) is 1. The zero-order valence-electron chi connectivity index (χ0n) is 18.7. The van der Waals surface area contributed by atoms with Gasteiger partial charge < -0.3 is 5.32 Å². The molecule has 34 heavy (non-hydrogen) atoms. The molecule has 0 aliphatic rings. The lowest BCUT2D eigenvalue weighted by Gasteiger charge is -2.12. The van der Waals surface area contributed by atoms with Crippen LogP contribution in [0.1, 0.15) is 41.3 Å². The van der Waals surface area contributed by atoms with E-state index in [2.05, 4.69) is 55.8 Å². The fourth-order valence-electron chi connectivity index (χ4n) is 3.49. The SMILES string of the molecule is CCCCc1ccc(-n2nc3cc(C)c(NC(=S)NC(=O)c4cc(Br)ccc4Cl)cc3n2)cc1. The fourth-order valence-corrected chi connectivity index (χ4v) is 4.26. The van der Waals surface area contributed by atoms with E-state index in [9.17, 15) is 4.79 Å². The first-order valence-corrected chi connectivity index (χ1v) is 12.5. The van der Waals surface area contributed by atoms with Gasteiger partial charge in [-0.25, -0.2) is 0 Å². The molecule has 1 heterocycles. The molecule has 0 saturated heterocycles. The molecule has 4 rings (SSSR count). The molecule has 6 nitrogen and oxygen atoms in total. The number of nitrogens with zero attached hydrogens (tertiary/aromatic N) is 3. The number of carbonyl (C=O) groups is 1. The van der Waals surface area contributed by atoms with Gasteiger partial charge >= 0.3 is 0 Å². The summed E-state index contributed by atoms with van der Waals surface area (Å²) in [4.78, 5) is 14.2. The predicted molar refractivity (Wildman–Crippen MR) is 145 cm³/mol. The zero-order chi connectivity index (χ0) is 24.2. The predicted octanol–water partition coefficient (Wildman–Crippen LogP) is 6.61. The molecule has 3 aromatic carbocycles. The number of aryl methyl sites for hydroxylation is 2. The molecule has 0 radical (unpaired) electrons. The molecular formula is C25H23BrClN5OS. The van der Waals surface area contributed by atoms with Crippen molar-refractivity contribution in [1.82, 2.24) is 20.3 Å². The Morgan fingerprint density at radius 1 is 1.09 bits per heavy atom. The number of anilines is 1. The first-order valence-electron chi connectivity index (χ1n) is 10.9. The molecule has 174 valence electrons. The number of thiocarbonyl (C=S) groups is 1. The summed E-state index contributed by atoms with van der Waals surface area (Å²) in [7, 11) is 0. The number of hydrogen-bond donors (Lipinski definition) is 2. The number of aromatic nitrogens is 3. The van der Waals surface area contributed by atoms with Gasteiger partial charge in [-0.3, -0.25) is 10.1 Å². The maximum atomic E-state index is 12.6. The van der Waals surface area contributed by atoms with Gasteiger partial charge in [-0.2, -0.15) is 4.80 Å². The van der Waals surface area contributed by atoms with Gasteiger partial charge in [0.15, 0.2) is 5.11 Å². The number of benzene rings is 3. The van der Waals surface area contributed by atoms with Crippen molar-refractivity contribution >= 4 is 67.5 Å². The molecule has 0 fully saturated rings. The molecule has 0 spiro atoms.